The lowest BCUT2D eigenvalue weighted by molar-refractivity contribution is 0.351. The van der Waals surface area contributed by atoms with Crippen LogP contribution in [0.3, 0.4) is 0 Å². The van der Waals surface area contributed by atoms with Gasteiger partial charge in [-0.25, -0.2) is 4.68 Å². The van der Waals surface area contributed by atoms with E-state index < -0.39 is 67.7 Å². The van der Waals surface area contributed by atoms with Crippen LogP contribution >= 0.6 is 11.8 Å². The lowest BCUT2D eigenvalue weighted by Crippen LogP contribution is -2.44. The van der Waals surface area contributed by atoms with Crippen molar-refractivity contribution in [2.75, 3.05) is 29.2 Å². The SMILES string of the molecule is CNc1c(N=Nc2cc(SCCS(=O)(=O)O)on2)c(C)nn1C(C)(Nc1cc(S(=O)(=O)O)cc(S(=O)(=O)O)c1)S(=O)[O-]. The minimum Gasteiger partial charge on any atom is -0.769 e. The molecular weight excluding hydrogens is 667 g/mol. The van der Waals surface area contributed by atoms with Gasteiger partial charge >= 0.3 is 0 Å². The summed E-state index contributed by atoms with van der Waals surface area (Å²) in [5.74, 6) is -0.643. The number of thioether (sulfide) groups is 1. The molecule has 0 amide bonds. The smallest absolute Gasteiger partial charge is 0.294 e. The average molecular weight is 689 g/mol. The van der Waals surface area contributed by atoms with Crippen LogP contribution in [0.2, 0.25) is 0 Å². The number of hydrogen-bond donors (Lipinski definition) is 5. The maximum Gasteiger partial charge on any atom is 0.294 e. The maximum atomic E-state index is 12.5. The van der Waals surface area contributed by atoms with Gasteiger partial charge in [-0.05, 0) is 43.1 Å². The molecule has 2 atom stereocenters. The van der Waals surface area contributed by atoms with Gasteiger partial charge in [0.2, 0.25) is 5.82 Å². The van der Waals surface area contributed by atoms with E-state index in [-0.39, 0.29) is 33.9 Å². The highest BCUT2D eigenvalue weighted by Crippen LogP contribution is 2.37. The van der Waals surface area contributed by atoms with Gasteiger partial charge in [0.25, 0.3) is 30.4 Å². The van der Waals surface area contributed by atoms with Crippen LogP contribution in [0, 0.1) is 6.92 Å². The summed E-state index contributed by atoms with van der Waals surface area (Å²) in [6.45, 7) is 2.54. The monoisotopic (exact) mass is 688 g/mol. The van der Waals surface area contributed by atoms with Gasteiger partial charge in [0, 0.05) is 24.6 Å². The van der Waals surface area contributed by atoms with Crippen molar-refractivity contribution in [3.8, 4) is 0 Å². The van der Waals surface area contributed by atoms with Crippen molar-refractivity contribution in [3.63, 3.8) is 0 Å². The van der Waals surface area contributed by atoms with Crippen LogP contribution in [0.15, 0.2) is 53.9 Å². The van der Waals surface area contributed by atoms with Crippen LogP contribution in [0.4, 0.5) is 23.0 Å². The number of hydrogen-bond acceptors (Lipinski definition) is 16. The first-order valence-corrected chi connectivity index (χ1v) is 17.5. The Balaban J connectivity index is 2.01. The van der Waals surface area contributed by atoms with E-state index >= 15 is 0 Å². The van der Waals surface area contributed by atoms with Crippen LogP contribution < -0.4 is 10.6 Å². The fourth-order valence-electron chi connectivity index (χ4n) is 3.26. The molecule has 0 aliphatic rings. The molecule has 3 rings (SSSR count). The van der Waals surface area contributed by atoms with Crippen molar-refractivity contribution < 1.29 is 52.2 Å². The molecule has 0 saturated heterocycles. The molecule has 0 bridgehead atoms. The van der Waals surface area contributed by atoms with E-state index in [1.165, 1.54) is 20.0 Å². The largest absolute Gasteiger partial charge is 0.769 e. The zero-order valence-electron chi connectivity index (χ0n) is 21.5. The van der Waals surface area contributed by atoms with Crippen LogP contribution in [0.5, 0.6) is 0 Å². The molecule has 0 aliphatic carbocycles. The van der Waals surface area contributed by atoms with Crippen molar-refractivity contribution in [1.29, 1.82) is 0 Å². The zero-order chi connectivity index (χ0) is 31.7. The van der Waals surface area contributed by atoms with Gasteiger partial charge in [0.05, 0.1) is 21.2 Å². The number of azo groups is 1. The molecule has 42 heavy (non-hydrogen) atoms. The summed E-state index contributed by atoms with van der Waals surface area (Å²) in [6.07, 6.45) is 0. The highest BCUT2D eigenvalue weighted by molar-refractivity contribution is 8.00. The third-order valence-electron chi connectivity index (χ3n) is 5.16. The van der Waals surface area contributed by atoms with Gasteiger partial charge < -0.3 is 19.7 Å². The second-order valence-corrected chi connectivity index (χ2v) is 15.0. The van der Waals surface area contributed by atoms with Gasteiger partial charge in [0.1, 0.15) is 0 Å². The number of aryl methyl sites for hydroxylation is 1. The molecule has 0 fully saturated rings. The molecular formula is C18H22N7O12S5-. The first-order valence-electron chi connectivity index (χ1n) is 11.0. The van der Waals surface area contributed by atoms with E-state index in [9.17, 15) is 43.1 Å². The van der Waals surface area contributed by atoms with Gasteiger partial charge in [-0.3, -0.25) is 17.9 Å². The standard InChI is InChI=1S/C18H23N7O12S5/c1-10-16(22-21-14-9-15(37-24-14)38-4-5-40(28,29)30)17(19-3)25(23-10)18(2,39(26)27)20-11-6-12(41(31,32)33)8-13(7-11)42(34,35)36/h6-9,19-20H,4-5H2,1-3H3,(H,26,27)(H,28,29,30)(H,31,32,33)(H,34,35,36)/p-1. The minimum atomic E-state index is -4.99. The van der Waals surface area contributed by atoms with Gasteiger partial charge in [-0.1, -0.05) is 16.9 Å². The summed E-state index contributed by atoms with van der Waals surface area (Å²) in [5.41, 5.74) is -0.299. The second kappa shape index (κ2) is 12.3. The number of benzene rings is 1. The van der Waals surface area contributed by atoms with E-state index in [0.29, 0.717) is 6.07 Å². The molecule has 0 radical (unpaired) electrons. The third kappa shape index (κ3) is 8.10. The number of nitrogens with zero attached hydrogens (tertiary/aromatic N) is 5. The molecule has 3 aromatic rings. The molecule has 24 heteroatoms. The van der Waals surface area contributed by atoms with Crippen LogP contribution in [-0.4, -0.2) is 81.2 Å². The summed E-state index contributed by atoms with van der Waals surface area (Å²) < 4.78 is 127. The molecule has 19 nitrogen and oxygen atoms in total. The predicted molar refractivity (Wildman–Crippen MR) is 147 cm³/mol. The molecule has 2 aromatic heterocycles. The fraction of sp³-hybridized carbons (Fsp3) is 0.333. The first kappa shape index (κ1) is 33.5. The first-order chi connectivity index (χ1) is 19.2. The zero-order valence-corrected chi connectivity index (χ0v) is 25.6. The molecule has 2 heterocycles. The predicted octanol–water partition coefficient (Wildman–Crippen LogP) is 1.73. The summed E-state index contributed by atoms with van der Waals surface area (Å²) >= 11 is -2.18. The Bertz CT molecular complexity index is 1820. The van der Waals surface area contributed by atoms with Crippen LogP contribution in [0.25, 0.3) is 0 Å². The quantitative estimate of drug-likeness (QED) is 0.0739. The van der Waals surface area contributed by atoms with E-state index in [2.05, 4.69) is 31.1 Å². The van der Waals surface area contributed by atoms with E-state index in [4.69, 9.17) is 9.08 Å². The Hall–Kier alpha value is -2.97. The Kier molecular flexibility index (Phi) is 9.84. The van der Waals surface area contributed by atoms with Crippen molar-refractivity contribution in [3.05, 3.63) is 30.0 Å². The lowest BCUT2D eigenvalue weighted by atomic mass is 10.3. The number of anilines is 2. The van der Waals surface area contributed by atoms with Crippen molar-refractivity contribution in [1.82, 2.24) is 14.9 Å². The topological polar surface area (TPSA) is 296 Å². The highest BCUT2D eigenvalue weighted by atomic mass is 32.2. The molecule has 0 saturated carbocycles. The third-order valence-corrected chi connectivity index (χ3v) is 9.61. The maximum absolute atomic E-state index is 12.5. The molecule has 1 aromatic carbocycles. The Morgan fingerprint density at radius 2 is 1.67 bits per heavy atom. The number of nitrogens with one attached hydrogen (secondary N) is 2. The molecule has 0 aliphatic heterocycles. The molecule has 5 N–H and O–H groups in total. The minimum absolute atomic E-state index is 0.0184. The van der Waals surface area contributed by atoms with Crippen LogP contribution in [-0.2, 0) is 46.4 Å². The molecule has 0 spiro atoms. The average Bonchev–Trinajstić information content (AvgIpc) is 3.44. The molecule has 2 unspecified atom stereocenters. The Morgan fingerprint density at radius 1 is 1.07 bits per heavy atom. The summed E-state index contributed by atoms with van der Waals surface area (Å²) in [6, 6.07) is 3.27. The van der Waals surface area contributed by atoms with E-state index in [1.54, 1.807) is 0 Å². The Labute approximate surface area is 245 Å². The lowest BCUT2D eigenvalue weighted by Gasteiger charge is -2.35. The summed E-state index contributed by atoms with van der Waals surface area (Å²) in [7, 11) is -12.8. The summed E-state index contributed by atoms with van der Waals surface area (Å²) in [4.78, 5) is -4.18. The van der Waals surface area contributed by atoms with E-state index in [0.717, 1.165) is 35.5 Å². The van der Waals surface area contributed by atoms with E-state index in [1.807, 2.05) is 0 Å². The fourth-order valence-corrected chi connectivity index (χ4v) is 6.57. The Morgan fingerprint density at radius 3 is 2.17 bits per heavy atom. The van der Waals surface area contributed by atoms with Gasteiger partial charge in [-0.2, -0.15) is 30.4 Å². The van der Waals surface area contributed by atoms with Crippen molar-refractivity contribution >= 4 is 76.2 Å². The summed E-state index contributed by atoms with van der Waals surface area (Å²) in [5, 5.41) is 21.1. The van der Waals surface area contributed by atoms with Crippen molar-refractivity contribution in [2.45, 2.75) is 33.7 Å². The van der Waals surface area contributed by atoms with Crippen molar-refractivity contribution in [2.24, 2.45) is 10.2 Å². The van der Waals surface area contributed by atoms with Crippen LogP contribution in [0.1, 0.15) is 12.6 Å². The highest BCUT2D eigenvalue weighted by Gasteiger charge is 2.34. The van der Waals surface area contributed by atoms with Gasteiger partial charge in [0.15, 0.2) is 21.6 Å². The second-order valence-electron chi connectivity index (χ2n) is 8.27. The normalized spacial score (nSPS) is 15.0. The molecule has 232 valence electrons. The van der Waals surface area contributed by atoms with Gasteiger partial charge in [-0.15, -0.1) is 10.2 Å². The number of aromatic nitrogens is 3. The number of rotatable bonds is 13.